The van der Waals surface area contributed by atoms with E-state index >= 15 is 0 Å². The minimum absolute atomic E-state index is 0.179. The molecule has 3 rings (SSSR count). The smallest absolute Gasteiger partial charge is 0.374 e. The van der Waals surface area contributed by atoms with Crippen LogP contribution in [0.5, 0.6) is 0 Å². The van der Waals surface area contributed by atoms with Gasteiger partial charge < -0.3 is 14.3 Å². The van der Waals surface area contributed by atoms with Crippen LogP contribution < -0.4 is 5.56 Å². The molecule has 112 valence electrons. The third-order valence-corrected chi connectivity index (χ3v) is 3.34. The van der Waals surface area contributed by atoms with Crippen molar-refractivity contribution in [3.8, 4) is 0 Å². The van der Waals surface area contributed by atoms with Crippen molar-refractivity contribution in [2.75, 3.05) is 6.61 Å². The van der Waals surface area contributed by atoms with E-state index in [1.807, 2.05) is 30.3 Å². The topological polar surface area (TPSA) is 77.0 Å². The van der Waals surface area contributed by atoms with Crippen LogP contribution in [-0.4, -0.2) is 27.1 Å². The quantitative estimate of drug-likeness (QED) is 0.747. The van der Waals surface area contributed by atoms with Gasteiger partial charge in [-0.05, 0) is 24.4 Å². The fourth-order valence-electron chi connectivity index (χ4n) is 2.32. The molecular formula is C16H15N3O3. The molecule has 6 heteroatoms. The number of ether oxygens (including phenoxy) is 1. The molecule has 0 amide bonds. The molecule has 0 saturated heterocycles. The van der Waals surface area contributed by atoms with Gasteiger partial charge >= 0.3 is 5.97 Å². The number of pyridine rings is 1. The zero-order valence-electron chi connectivity index (χ0n) is 12.1. The number of rotatable bonds is 4. The van der Waals surface area contributed by atoms with Gasteiger partial charge in [-0.15, -0.1) is 0 Å². The monoisotopic (exact) mass is 297 g/mol. The number of para-hydroxylation sites is 1. The van der Waals surface area contributed by atoms with Gasteiger partial charge in [0.2, 0.25) is 5.82 Å². The highest BCUT2D eigenvalue weighted by molar-refractivity contribution is 5.85. The van der Waals surface area contributed by atoms with Crippen LogP contribution in [0.15, 0.2) is 47.5 Å². The largest absolute Gasteiger partial charge is 0.460 e. The summed E-state index contributed by atoms with van der Waals surface area (Å²) in [6, 6.07) is 9.37. The van der Waals surface area contributed by atoms with E-state index < -0.39 is 5.97 Å². The van der Waals surface area contributed by atoms with Gasteiger partial charge in [0.15, 0.2) is 0 Å². The predicted molar refractivity (Wildman–Crippen MR) is 81.9 cm³/mol. The number of aromatic amines is 1. The lowest BCUT2D eigenvalue weighted by molar-refractivity contribution is 0.0507. The van der Waals surface area contributed by atoms with Crippen molar-refractivity contribution in [3.05, 3.63) is 64.5 Å². The number of carbonyl (C=O) groups excluding carboxylic acids is 1. The van der Waals surface area contributed by atoms with E-state index in [1.54, 1.807) is 17.7 Å². The molecule has 2 heterocycles. The molecular weight excluding hydrogens is 282 g/mol. The van der Waals surface area contributed by atoms with Crippen molar-refractivity contribution in [2.24, 2.45) is 0 Å². The molecule has 0 aliphatic rings. The van der Waals surface area contributed by atoms with Gasteiger partial charge in [0.1, 0.15) is 0 Å². The van der Waals surface area contributed by atoms with Crippen molar-refractivity contribution in [1.29, 1.82) is 0 Å². The minimum atomic E-state index is -0.496. The first kappa shape index (κ1) is 14.1. The summed E-state index contributed by atoms with van der Waals surface area (Å²) >= 11 is 0. The van der Waals surface area contributed by atoms with E-state index in [1.165, 1.54) is 6.20 Å². The van der Waals surface area contributed by atoms with E-state index in [-0.39, 0.29) is 24.5 Å². The molecule has 0 radical (unpaired) electrons. The maximum absolute atomic E-state index is 12.2. The summed E-state index contributed by atoms with van der Waals surface area (Å²) in [6.45, 7) is 2.27. The molecule has 0 atom stereocenters. The Morgan fingerprint density at radius 1 is 1.36 bits per heavy atom. The van der Waals surface area contributed by atoms with Gasteiger partial charge in [-0.2, -0.15) is 0 Å². The van der Waals surface area contributed by atoms with Gasteiger partial charge in [-0.25, -0.2) is 9.78 Å². The summed E-state index contributed by atoms with van der Waals surface area (Å²) in [7, 11) is 0. The lowest BCUT2D eigenvalue weighted by Crippen LogP contribution is -2.19. The van der Waals surface area contributed by atoms with Crippen LogP contribution in [0.4, 0.5) is 0 Å². The van der Waals surface area contributed by atoms with Crippen molar-refractivity contribution >= 4 is 16.9 Å². The molecule has 1 aromatic carbocycles. The van der Waals surface area contributed by atoms with E-state index in [0.717, 1.165) is 10.9 Å². The van der Waals surface area contributed by atoms with E-state index in [2.05, 4.69) is 9.97 Å². The standard InChI is InChI=1S/C16H15N3O3/c1-2-22-16(21)14-17-7-8-19(14)10-12-9-11-5-3-4-6-13(11)18-15(12)20/h3-9H,2,10H2,1H3,(H,18,20). The third kappa shape index (κ3) is 2.63. The summed E-state index contributed by atoms with van der Waals surface area (Å²) in [4.78, 5) is 30.8. The van der Waals surface area contributed by atoms with Crippen LogP contribution in [0.2, 0.25) is 0 Å². The molecule has 0 unspecified atom stereocenters. The average Bonchev–Trinajstić information content (AvgIpc) is 2.96. The zero-order valence-corrected chi connectivity index (χ0v) is 12.1. The predicted octanol–water partition coefficient (Wildman–Crippen LogP) is 1.95. The van der Waals surface area contributed by atoms with Crippen LogP contribution in [0.3, 0.4) is 0 Å². The Kier molecular flexibility index (Phi) is 3.74. The van der Waals surface area contributed by atoms with Crippen LogP contribution in [0.25, 0.3) is 10.9 Å². The Balaban J connectivity index is 1.97. The number of fused-ring (bicyclic) bond motifs is 1. The highest BCUT2D eigenvalue weighted by Crippen LogP contribution is 2.11. The second-order valence-electron chi connectivity index (χ2n) is 4.81. The summed E-state index contributed by atoms with van der Waals surface area (Å²) in [6.07, 6.45) is 3.17. The Morgan fingerprint density at radius 3 is 3.00 bits per heavy atom. The van der Waals surface area contributed by atoms with E-state index in [0.29, 0.717) is 5.56 Å². The number of carbonyl (C=O) groups is 1. The Hall–Kier alpha value is -2.89. The Bertz CT molecular complexity index is 879. The number of imidazole rings is 1. The van der Waals surface area contributed by atoms with Gasteiger partial charge in [0.25, 0.3) is 5.56 Å². The lowest BCUT2D eigenvalue weighted by atomic mass is 10.1. The van der Waals surface area contributed by atoms with Crippen molar-refractivity contribution < 1.29 is 9.53 Å². The molecule has 0 saturated carbocycles. The van der Waals surface area contributed by atoms with Gasteiger partial charge in [0, 0.05) is 23.5 Å². The van der Waals surface area contributed by atoms with Gasteiger partial charge in [-0.1, -0.05) is 18.2 Å². The minimum Gasteiger partial charge on any atom is -0.460 e. The molecule has 1 N–H and O–H groups in total. The van der Waals surface area contributed by atoms with Gasteiger partial charge in [0.05, 0.1) is 13.2 Å². The maximum atomic E-state index is 12.2. The third-order valence-electron chi connectivity index (χ3n) is 3.34. The number of esters is 1. The Morgan fingerprint density at radius 2 is 2.18 bits per heavy atom. The highest BCUT2D eigenvalue weighted by Gasteiger charge is 2.15. The number of hydrogen-bond donors (Lipinski definition) is 1. The number of H-pyrrole nitrogens is 1. The zero-order chi connectivity index (χ0) is 15.5. The molecule has 0 fully saturated rings. The molecule has 0 spiro atoms. The fraction of sp³-hybridized carbons (Fsp3) is 0.188. The van der Waals surface area contributed by atoms with Crippen LogP contribution in [0.1, 0.15) is 23.1 Å². The number of nitrogens with one attached hydrogen (secondary N) is 1. The first-order valence-corrected chi connectivity index (χ1v) is 6.98. The molecule has 2 aromatic heterocycles. The molecule has 0 bridgehead atoms. The molecule has 0 aliphatic heterocycles. The van der Waals surface area contributed by atoms with Gasteiger partial charge in [-0.3, -0.25) is 4.79 Å². The lowest BCUT2D eigenvalue weighted by Gasteiger charge is -2.07. The van der Waals surface area contributed by atoms with Crippen LogP contribution in [0, 0.1) is 0 Å². The highest BCUT2D eigenvalue weighted by atomic mass is 16.5. The van der Waals surface area contributed by atoms with Crippen LogP contribution >= 0.6 is 0 Å². The number of aromatic nitrogens is 3. The normalized spacial score (nSPS) is 10.8. The summed E-state index contributed by atoms with van der Waals surface area (Å²) in [5, 5.41) is 0.940. The number of nitrogens with zero attached hydrogens (tertiary/aromatic N) is 2. The average molecular weight is 297 g/mol. The van der Waals surface area contributed by atoms with Crippen molar-refractivity contribution in [1.82, 2.24) is 14.5 Å². The maximum Gasteiger partial charge on any atom is 0.374 e. The summed E-state index contributed by atoms with van der Waals surface area (Å²) in [5.41, 5.74) is 1.16. The van der Waals surface area contributed by atoms with Crippen LogP contribution in [-0.2, 0) is 11.3 Å². The van der Waals surface area contributed by atoms with E-state index in [4.69, 9.17) is 4.74 Å². The molecule has 3 aromatic rings. The summed E-state index contributed by atoms with van der Waals surface area (Å²) in [5.74, 6) is -0.306. The fourth-order valence-corrected chi connectivity index (χ4v) is 2.32. The first-order valence-electron chi connectivity index (χ1n) is 6.98. The molecule has 22 heavy (non-hydrogen) atoms. The Labute approximate surface area is 126 Å². The number of benzene rings is 1. The SMILES string of the molecule is CCOC(=O)c1nccn1Cc1cc2ccccc2[nH]c1=O. The van der Waals surface area contributed by atoms with Crippen molar-refractivity contribution in [3.63, 3.8) is 0 Å². The second-order valence-corrected chi connectivity index (χ2v) is 4.81. The second kappa shape index (κ2) is 5.85. The van der Waals surface area contributed by atoms with E-state index in [9.17, 15) is 9.59 Å². The number of hydrogen-bond acceptors (Lipinski definition) is 4. The first-order chi connectivity index (χ1) is 10.7. The molecule has 0 aliphatic carbocycles. The summed E-state index contributed by atoms with van der Waals surface area (Å²) < 4.78 is 6.57. The molecule has 6 nitrogen and oxygen atoms in total. The van der Waals surface area contributed by atoms with Crippen molar-refractivity contribution in [2.45, 2.75) is 13.5 Å².